The van der Waals surface area contributed by atoms with Crippen LogP contribution >= 0.6 is 0 Å². The fourth-order valence-corrected chi connectivity index (χ4v) is 1.86. The summed E-state index contributed by atoms with van der Waals surface area (Å²) < 4.78 is 13.1. The minimum atomic E-state index is -0.191. The van der Waals surface area contributed by atoms with Gasteiger partial charge >= 0.3 is 0 Å². The first-order valence-electron chi connectivity index (χ1n) is 7.35. The molecule has 5 heteroatoms. The van der Waals surface area contributed by atoms with E-state index in [-0.39, 0.29) is 11.4 Å². The lowest BCUT2D eigenvalue weighted by Crippen LogP contribution is -2.44. The summed E-state index contributed by atoms with van der Waals surface area (Å²) in [5.41, 5.74) is 1.10. The number of hydrogen-bond acceptors (Lipinski definition) is 2. The average Bonchev–Trinajstić information content (AvgIpc) is 2.40. The van der Waals surface area contributed by atoms with Gasteiger partial charge in [-0.3, -0.25) is 4.99 Å². The molecule has 0 fully saturated rings. The van der Waals surface area contributed by atoms with Gasteiger partial charge in [-0.2, -0.15) is 0 Å². The Hall–Kier alpha value is -1.62. The van der Waals surface area contributed by atoms with Gasteiger partial charge in [-0.1, -0.05) is 12.1 Å². The molecule has 0 spiro atoms. The van der Waals surface area contributed by atoms with Crippen molar-refractivity contribution in [1.82, 2.24) is 16.0 Å². The molecule has 0 amide bonds. The van der Waals surface area contributed by atoms with Gasteiger partial charge in [0.05, 0.1) is 0 Å². The van der Waals surface area contributed by atoms with Crippen LogP contribution in [0, 0.1) is 5.82 Å². The minimum absolute atomic E-state index is 0.121. The average molecular weight is 294 g/mol. The summed E-state index contributed by atoms with van der Waals surface area (Å²) in [6, 6.07) is 6.68. The Kier molecular flexibility index (Phi) is 7.15. The summed E-state index contributed by atoms with van der Waals surface area (Å²) in [7, 11) is 1.74. The zero-order valence-corrected chi connectivity index (χ0v) is 13.5. The third kappa shape index (κ3) is 8.30. The molecule has 0 aliphatic heterocycles. The normalized spacial score (nSPS) is 12.3. The van der Waals surface area contributed by atoms with Crippen LogP contribution in [0.1, 0.15) is 26.3 Å². The molecule has 0 aliphatic carbocycles. The fraction of sp³-hybridized carbons (Fsp3) is 0.562. The van der Waals surface area contributed by atoms with Gasteiger partial charge in [0.15, 0.2) is 5.96 Å². The highest BCUT2D eigenvalue weighted by molar-refractivity contribution is 5.79. The predicted molar refractivity (Wildman–Crippen MR) is 87.2 cm³/mol. The van der Waals surface area contributed by atoms with Crippen LogP contribution in [-0.4, -0.2) is 38.2 Å². The second-order valence-corrected chi connectivity index (χ2v) is 5.98. The second kappa shape index (κ2) is 8.62. The molecule has 1 rings (SSSR count). The first-order valence-corrected chi connectivity index (χ1v) is 7.35. The smallest absolute Gasteiger partial charge is 0.191 e. The van der Waals surface area contributed by atoms with Crippen LogP contribution in [0.4, 0.5) is 4.39 Å². The summed E-state index contributed by atoms with van der Waals surface area (Å²) >= 11 is 0. The molecule has 0 radical (unpaired) electrons. The monoisotopic (exact) mass is 294 g/mol. The summed E-state index contributed by atoms with van der Waals surface area (Å²) in [5.74, 6) is 0.574. The Bertz CT molecular complexity index is 452. The number of rotatable bonds is 6. The fourth-order valence-electron chi connectivity index (χ4n) is 1.86. The van der Waals surface area contributed by atoms with Crippen LogP contribution in [0.25, 0.3) is 0 Å². The number of benzene rings is 1. The van der Waals surface area contributed by atoms with Crippen LogP contribution < -0.4 is 16.0 Å². The summed E-state index contributed by atoms with van der Waals surface area (Å²) in [6.45, 7) is 8.80. The van der Waals surface area contributed by atoms with Gasteiger partial charge in [0, 0.05) is 32.2 Å². The molecule has 1 aromatic rings. The van der Waals surface area contributed by atoms with E-state index in [0.29, 0.717) is 0 Å². The topological polar surface area (TPSA) is 48.5 Å². The minimum Gasteiger partial charge on any atom is -0.356 e. The van der Waals surface area contributed by atoms with E-state index in [9.17, 15) is 4.39 Å². The Morgan fingerprint density at radius 2 is 1.86 bits per heavy atom. The molecule has 3 N–H and O–H groups in total. The second-order valence-electron chi connectivity index (χ2n) is 5.98. The number of hydrogen-bond donors (Lipinski definition) is 3. The van der Waals surface area contributed by atoms with E-state index in [0.717, 1.165) is 37.6 Å². The molecule has 0 aromatic heterocycles. The van der Waals surface area contributed by atoms with Gasteiger partial charge in [0.1, 0.15) is 5.82 Å². The Labute approximate surface area is 127 Å². The molecule has 0 bridgehead atoms. The maximum absolute atomic E-state index is 13.1. The quantitative estimate of drug-likeness (QED) is 0.427. The highest BCUT2D eigenvalue weighted by Gasteiger charge is 2.07. The van der Waals surface area contributed by atoms with Crippen molar-refractivity contribution in [3.05, 3.63) is 35.6 Å². The van der Waals surface area contributed by atoms with E-state index in [1.807, 2.05) is 6.07 Å². The van der Waals surface area contributed by atoms with Crippen LogP contribution in [0.5, 0.6) is 0 Å². The molecule has 0 saturated heterocycles. The van der Waals surface area contributed by atoms with Gasteiger partial charge in [0.2, 0.25) is 0 Å². The molecule has 4 nitrogen and oxygen atoms in total. The first kappa shape index (κ1) is 17.4. The van der Waals surface area contributed by atoms with Gasteiger partial charge in [-0.05, 0) is 44.9 Å². The molecular weight excluding hydrogens is 267 g/mol. The summed E-state index contributed by atoms with van der Waals surface area (Å²) in [5, 5.41) is 9.87. The molecule has 1 aromatic carbocycles. The van der Waals surface area contributed by atoms with E-state index in [1.54, 1.807) is 19.2 Å². The Balaban J connectivity index is 2.23. The summed E-state index contributed by atoms with van der Waals surface area (Å²) in [6.07, 6.45) is 0.763. The molecular formula is C16H27FN4. The van der Waals surface area contributed by atoms with E-state index < -0.39 is 0 Å². The maximum Gasteiger partial charge on any atom is 0.191 e. The first-order chi connectivity index (χ1) is 9.90. The van der Waals surface area contributed by atoms with E-state index in [1.165, 1.54) is 6.07 Å². The zero-order valence-electron chi connectivity index (χ0n) is 13.5. The summed E-state index contributed by atoms with van der Waals surface area (Å²) in [4.78, 5) is 4.16. The maximum atomic E-state index is 13.1. The zero-order chi connectivity index (χ0) is 15.7. The third-order valence-corrected chi connectivity index (χ3v) is 2.89. The van der Waals surface area contributed by atoms with E-state index in [2.05, 4.69) is 41.7 Å². The number of nitrogens with zero attached hydrogens (tertiary/aromatic N) is 1. The van der Waals surface area contributed by atoms with E-state index >= 15 is 0 Å². The molecule has 118 valence electrons. The third-order valence-electron chi connectivity index (χ3n) is 2.89. The predicted octanol–water partition coefficient (Wildman–Crippen LogP) is 1.92. The Morgan fingerprint density at radius 3 is 2.48 bits per heavy atom. The highest BCUT2D eigenvalue weighted by atomic mass is 19.1. The van der Waals surface area contributed by atoms with Crippen molar-refractivity contribution in [2.75, 3.05) is 26.7 Å². The molecule has 0 aliphatic rings. The number of guanidine groups is 1. The van der Waals surface area contributed by atoms with Gasteiger partial charge in [0.25, 0.3) is 0 Å². The van der Waals surface area contributed by atoms with Crippen molar-refractivity contribution >= 4 is 5.96 Å². The van der Waals surface area contributed by atoms with Gasteiger partial charge < -0.3 is 16.0 Å². The van der Waals surface area contributed by atoms with Crippen molar-refractivity contribution in [3.8, 4) is 0 Å². The number of aliphatic imine (C=N–C) groups is 1. The van der Waals surface area contributed by atoms with Crippen LogP contribution in [0.15, 0.2) is 29.3 Å². The van der Waals surface area contributed by atoms with Crippen LogP contribution in [0.2, 0.25) is 0 Å². The lowest BCUT2D eigenvalue weighted by Gasteiger charge is -2.21. The molecule has 0 heterocycles. The molecule has 0 atom stereocenters. The Morgan fingerprint density at radius 1 is 1.14 bits per heavy atom. The van der Waals surface area contributed by atoms with Crippen LogP contribution in [0.3, 0.4) is 0 Å². The number of nitrogens with one attached hydrogen (secondary N) is 3. The standard InChI is InChI=1S/C16H27FN4/c1-16(2,3)21-11-10-20-15(18-4)19-9-8-13-6-5-7-14(17)12-13/h5-7,12,21H,8-11H2,1-4H3,(H2,18,19,20). The van der Waals surface area contributed by atoms with Crippen molar-refractivity contribution < 1.29 is 4.39 Å². The van der Waals surface area contributed by atoms with Crippen molar-refractivity contribution in [2.45, 2.75) is 32.7 Å². The van der Waals surface area contributed by atoms with Crippen molar-refractivity contribution in [1.29, 1.82) is 0 Å². The van der Waals surface area contributed by atoms with Gasteiger partial charge in [-0.15, -0.1) is 0 Å². The lowest BCUT2D eigenvalue weighted by molar-refractivity contribution is 0.428. The van der Waals surface area contributed by atoms with Gasteiger partial charge in [-0.25, -0.2) is 4.39 Å². The van der Waals surface area contributed by atoms with Crippen molar-refractivity contribution in [2.24, 2.45) is 4.99 Å². The highest BCUT2D eigenvalue weighted by Crippen LogP contribution is 2.03. The number of halogens is 1. The van der Waals surface area contributed by atoms with Crippen LogP contribution in [-0.2, 0) is 6.42 Å². The van der Waals surface area contributed by atoms with Crippen molar-refractivity contribution in [3.63, 3.8) is 0 Å². The molecule has 0 unspecified atom stereocenters. The molecule has 21 heavy (non-hydrogen) atoms. The van der Waals surface area contributed by atoms with E-state index in [4.69, 9.17) is 0 Å². The largest absolute Gasteiger partial charge is 0.356 e. The lowest BCUT2D eigenvalue weighted by atomic mass is 10.1. The molecule has 0 saturated carbocycles. The SMILES string of the molecule is CN=C(NCCNC(C)(C)C)NCCc1cccc(F)c1.